The molecule has 1 aromatic heterocycles. The molecule has 1 aromatic carbocycles. The van der Waals surface area contributed by atoms with Crippen molar-refractivity contribution in [1.82, 2.24) is 10.3 Å². The van der Waals surface area contributed by atoms with Gasteiger partial charge in [0.2, 0.25) is 5.91 Å². The van der Waals surface area contributed by atoms with E-state index in [4.69, 9.17) is 0 Å². The van der Waals surface area contributed by atoms with Gasteiger partial charge in [-0.05, 0) is 43.7 Å². The molecule has 0 fully saturated rings. The smallest absolute Gasteiger partial charge is 0.447 e. The Morgan fingerprint density at radius 2 is 1.81 bits per heavy atom. The molecule has 2 atom stereocenters. The van der Waals surface area contributed by atoms with Gasteiger partial charge in [0.05, 0.1) is 6.04 Å². The van der Waals surface area contributed by atoms with Gasteiger partial charge in [-0.15, -0.1) is 0 Å². The maximum atomic E-state index is 14.4. The number of carbonyl (C=O) groups excluding carboxylic acids is 2. The number of nitrogens with zero attached hydrogens (tertiary/aromatic N) is 1. The van der Waals surface area contributed by atoms with E-state index in [2.05, 4.69) is 26.9 Å². The summed E-state index contributed by atoms with van der Waals surface area (Å²) in [5, 5.41) is 5.12. The predicted molar refractivity (Wildman–Crippen MR) is 106 cm³/mol. The van der Waals surface area contributed by atoms with Gasteiger partial charge in [-0.2, -0.15) is 17.6 Å². The number of halogens is 4. The van der Waals surface area contributed by atoms with Crippen LogP contribution in [-0.4, -0.2) is 28.8 Å². The fraction of sp³-hybridized carbons (Fsp3) is 0.286. The molecule has 0 radical (unpaired) electrons. The largest absolute Gasteiger partial charge is 0.464 e. The number of pyridine rings is 1. The summed E-state index contributed by atoms with van der Waals surface area (Å²) in [7, 11) is 0. The van der Waals surface area contributed by atoms with E-state index in [1.807, 2.05) is 0 Å². The Bertz CT molecular complexity index is 994. The van der Waals surface area contributed by atoms with Crippen LogP contribution >= 0.6 is 0 Å². The van der Waals surface area contributed by atoms with Crippen molar-refractivity contribution in [2.24, 2.45) is 0 Å². The zero-order valence-corrected chi connectivity index (χ0v) is 17.0. The van der Waals surface area contributed by atoms with Crippen LogP contribution in [-0.2, 0) is 4.79 Å². The highest BCUT2D eigenvalue weighted by Crippen LogP contribution is 2.41. The van der Waals surface area contributed by atoms with Crippen LogP contribution in [0.15, 0.2) is 54.7 Å². The Kier molecular flexibility index (Phi) is 7.04. The maximum absolute atomic E-state index is 14.4. The van der Waals surface area contributed by atoms with Gasteiger partial charge in [0, 0.05) is 24.3 Å². The maximum Gasteiger partial charge on any atom is 0.464 e. The fourth-order valence-electron chi connectivity index (χ4n) is 2.58. The second-order valence-electron chi connectivity index (χ2n) is 6.85. The molecule has 0 spiro atoms. The van der Waals surface area contributed by atoms with E-state index in [0.29, 0.717) is 5.56 Å². The molecule has 2 aromatic rings. The zero-order valence-electron chi connectivity index (χ0n) is 17.0. The highest BCUT2D eigenvalue weighted by atomic mass is 19.4. The van der Waals surface area contributed by atoms with Gasteiger partial charge in [-0.25, -0.2) is 4.98 Å². The molecule has 0 bridgehead atoms. The summed E-state index contributed by atoms with van der Waals surface area (Å²) in [6.45, 7) is 6.81. The minimum absolute atomic E-state index is 0.189. The zero-order chi connectivity index (χ0) is 23.4. The number of hydrogen-bond donors (Lipinski definition) is 2. The van der Waals surface area contributed by atoms with Gasteiger partial charge in [0.15, 0.2) is 0 Å². The van der Waals surface area contributed by atoms with Gasteiger partial charge in [0.25, 0.3) is 5.91 Å². The van der Waals surface area contributed by atoms with Crippen molar-refractivity contribution in [2.75, 3.05) is 5.32 Å². The van der Waals surface area contributed by atoms with Crippen LogP contribution in [0.2, 0.25) is 0 Å². The quantitative estimate of drug-likeness (QED) is 0.484. The lowest BCUT2D eigenvalue weighted by atomic mass is 10.1. The summed E-state index contributed by atoms with van der Waals surface area (Å²) in [5.74, 6) is -5.10. The van der Waals surface area contributed by atoms with Crippen LogP contribution in [0.5, 0.6) is 5.75 Å². The number of hydrogen-bond acceptors (Lipinski definition) is 4. The van der Waals surface area contributed by atoms with Gasteiger partial charge >= 0.3 is 12.0 Å². The predicted octanol–water partition coefficient (Wildman–Crippen LogP) is 4.71. The number of benzene rings is 1. The van der Waals surface area contributed by atoms with Gasteiger partial charge in [-0.1, -0.05) is 18.7 Å². The molecule has 6 nitrogen and oxygen atoms in total. The lowest BCUT2D eigenvalue weighted by Gasteiger charge is -2.29. The summed E-state index contributed by atoms with van der Waals surface area (Å²) in [6.07, 6.45) is -3.98. The number of rotatable bonds is 7. The van der Waals surface area contributed by atoms with Crippen molar-refractivity contribution in [2.45, 2.75) is 38.8 Å². The molecule has 0 aliphatic heterocycles. The van der Waals surface area contributed by atoms with Crippen LogP contribution in [0.3, 0.4) is 0 Å². The number of amides is 2. The highest BCUT2D eigenvalue weighted by molar-refractivity contribution is 5.96. The number of aromatic nitrogens is 1. The number of carbonyl (C=O) groups is 2. The first-order valence-corrected chi connectivity index (χ1v) is 9.08. The van der Waals surface area contributed by atoms with Crippen molar-refractivity contribution in [1.29, 1.82) is 0 Å². The summed E-state index contributed by atoms with van der Waals surface area (Å²) in [5.41, 5.74) is -0.257. The first kappa shape index (κ1) is 23.8. The van der Waals surface area contributed by atoms with Crippen molar-refractivity contribution in [3.05, 3.63) is 65.9 Å². The highest BCUT2D eigenvalue weighted by Gasteiger charge is 2.59. The van der Waals surface area contributed by atoms with Gasteiger partial charge in [-0.3, -0.25) is 9.59 Å². The standard InChI is InChI=1S/C21H21F4N3O3/c1-12(2)20(22,21(23,24)25)31-17-7-5-6-15(10-17)13(3)27-19(30)16-8-9-26-18(11-16)28-14(4)29/h5-11,13H,1H2,2-4H3,(H,27,30)(H,26,28,29)/t13?,20-/m0/s1. The van der Waals surface area contributed by atoms with Gasteiger partial charge in [0.1, 0.15) is 11.6 Å². The summed E-state index contributed by atoms with van der Waals surface area (Å²) >= 11 is 0. The number of ether oxygens (including phenoxy) is 1. The third-order valence-electron chi connectivity index (χ3n) is 4.20. The van der Waals surface area contributed by atoms with Crippen molar-refractivity contribution in [3.63, 3.8) is 0 Å². The molecule has 2 amide bonds. The third kappa shape index (κ3) is 5.80. The van der Waals surface area contributed by atoms with Crippen LogP contribution in [0, 0.1) is 0 Å². The second kappa shape index (κ2) is 9.15. The molecule has 10 heteroatoms. The molecular weight excluding hydrogens is 418 g/mol. The van der Waals surface area contributed by atoms with E-state index in [1.54, 1.807) is 13.0 Å². The van der Waals surface area contributed by atoms with E-state index >= 15 is 0 Å². The molecule has 0 saturated carbocycles. The lowest BCUT2D eigenvalue weighted by molar-refractivity contribution is -0.283. The van der Waals surface area contributed by atoms with Crippen LogP contribution in [0.25, 0.3) is 0 Å². The Morgan fingerprint density at radius 1 is 1.13 bits per heavy atom. The number of alkyl halides is 4. The topological polar surface area (TPSA) is 80.3 Å². The van der Waals surface area contributed by atoms with Crippen molar-refractivity contribution >= 4 is 17.6 Å². The Morgan fingerprint density at radius 3 is 2.39 bits per heavy atom. The number of anilines is 1. The van der Waals surface area contributed by atoms with Gasteiger partial charge < -0.3 is 15.4 Å². The number of nitrogens with one attached hydrogen (secondary N) is 2. The molecule has 31 heavy (non-hydrogen) atoms. The molecule has 0 aliphatic carbocycles. The molecule has 0 saturated heterocycles. The first-order chi connectivity index (χ1) is 14.3. The molecule has 2 rings (SSSR count). The molecule has 2 N–H and O–H groups in total. The summed E-state index contributed by atoms with van der Waals surface area (Å²) in [6, 6.07) is 7.44. The van der Waals surface area contributed by atoms with Crippen LogP contribution in [0.4, 0.5) is 23.4 Å². The van der Waals surface area contributed by atoms with Crippen LogP contribution in [0.1, 0.15) is 42.7 Å². The normalized spacial score (nSPS) is 14.2. The van der Waals surface area contributed by atoms with E-state index in [1.165, 1.54) is 43.5 Å². The average Bonchev–Trinajstić information content (AvgIpc) is 2.66. The SMILES string of the molecule is C=C(C)[C@](F)(Oc1cccc(C(C)NC(=O)c2ccnc(NC(C)=O)c2)c1)C(F)(F)F. The Hall–Kier alpha value is -3.43. The molecule has 1 heterocycles. The molecule has 166 valence electrons. The monoisotopic (exact) mass is 439 g/mol. The van der Waals surface area contributed by atoms with E-state index < -0.39 is 29.6 Å². The minimum atomic E-state index is -5.32. The second-order valence-corrected chi connectivity index (χ2v) is 6.85. The molecule has 0 aliphatic rings. The Balaban J connectivity index is 2.18. The average molecular weight is 439 g/mol. The molecule has 1 unspecified atom stereocenters. The first-order valence-electron chi connectivity index (χ1n) is 9.08. The van der Waals surface area contributed by atoms with E-state index in [9.17, 15) is 27.2 Å². The fourth-order valence-corrected chi connectivity index (χ4v) is 2.58. The lowest BCUT2D eigenvalue weighted by Crippen LogP contribution is -2.47. The third-order valence-corrected chi connectivity index (χ3v) is 4.20. The van der Waals surface area contributed by atoms with Crippen molar-refractivity contribution in [3.8, 4) is 5.75 Å². The summed E-state index contributed by atoms with van der Waals surface area (Å²) < 4.78 is 58.4. The van der Waals surface area contributed by atoms with Crippen molar-refractivity contribution < 1.29 is 31.9 Å². The summed E-state index contributed by atoms with van der Waals surface area (Å²) in [4.78, 5) is 27.5. The molecular formula is C21H21F4N3O3. The minimum Gasteiger partial charge on any atom is -0.447 e. The van der Waals surface area contributed by atoms with E-state index in [0.717, 1.165) is 6.92 Å². The Labute approximate surface area is 176 Å². The van der Waals surface area contributed by atoms with Crippen LogP contribution < -0.4 is 15.4 Å². The van der Waals surface area contributed by atoms with E-state index in [-0.39, 0.29) is 23.0 Å².